The van der Waals surface area contributed by atoms with E-state index >= 15 is 0 Å². The number of nitrogens with two attached hydrogens (primary N) is 1. The van der Waals surface area contributed by atoms with Crippen LogP contribution in [-0.2, 0) is 0 Å². The summed E-state index contributed by atoms with van der Waals surface area (Å²) in [6.07, 6.45) is 1.53. The van der Waals surface area contributed by atoms with Crippen LogP contribution in [0.15, 0.2) is 66.9 Å². The largest absolute Gasteiger partial charge is 0.507 e. The number of phenolic OH excluding ortho intramolecular Hbond substituents is 1. The third kappa shape index (κ3) is 3.90. The molecule has 0 fully saturated rings. The van der Waals surface area contributed by atoms with Crippen molar-refractivity contribution < 1.29 is 14.7 Å². The highest BCUT2D eigenvalue weighted by atomic mass is 35.5. The molecule has 0 aliphatic carbocycles. The van der Waals surface area contributed by atoms with Crippen LogP contribution in [0.5, 0.6) is 5.75 Å². The summed E-state index contributed by atoms with van der Waals surface area (Å²) >= 11 is 6.36. The number of pyridine rings is 1. The lowest BCUT2D eigenvalue weighted by Gasteiger charge is -2.18. The van der Waals surface area contributed by atoms with Crippen molar-refractivity contribution >= 4 is 62.3 Å². The van der Waals surface area contributed by atoms with Crippen LogP contribution in [0.2, 0.25) is 0 Å². The van der Waals surface area contributed by atoms with Gasteiger partial charge in [0.25, 0.3) is 11.8 Å². The van der Waals surface area contributed by atoms with Crippen molar-refractivity contribution in [3.05, 3.63) is 89.2 Å². The first-order valence-corrected chi connectivity index (χ1v) is 12.7. The fraction of sp³-hybridized carbons (Fsp3) is 0.138. The molecule has 0 saturated heterocycles. The molecule has 2 aromatic heterocycles. The SMILES string of the molecule is Cc1cccc2c(O)cc3c(c12)[C@H](CCl)CN3C(=O)c1cc2cc(NC(=O)c3ccc(N)cc3)cnc2[nH]1. The van der Waals surface area contributed by atoms with E-state index in [4.69, 9.17) is 17.3 Å². The Bertz CT molecular complexity index is 1750. The number of H-pyrrole nitrogens is 1. The monoisotopic (exact) mass is 525 g/mol. The molecule has 190 valence electrons. The van der Waals surface area contributed by atoms with Crippen LogP contribution >= 0.6 is 11.6 Å². The molecule has 0 bridgehead atoms. The lowest BCUT2D eigenvalue weighted by Crippen LogP contribution is -2.30. The Kier molecular flexibility index (Phi) is 5.69. The van der Waals surface area contributed by atoms with Crippen LogP contribution < -0.4 is 16.0 Å². The van der Waals surface area contributed by atoms with Crippen molar-refractivity contribution in [1.29, 1.82) is 0 Å². The number of anilines is 3. The smallest absolute Gasteiger partial charge is 0.274 e. The number of hydrogen-bond donors (Lipinski definition) is 4. The first-order valence-electron chi connectivity index (χ1n) is 12.1. The molecule has 6 rings (SSSR count). The Balaban J connectivity index is 1.33. The summed E-state index contributed by atoms with van der Waals surface area (Å²) in [6.45, 7) is 2.39. The molecular formula is C29H24ClN5O3. The number of carbonyl (C=O) groups excluding carboxylic acids is 2. The van der Waals surface area contributed by atoms with Crippen molar-refractivity contribution in [3.8, 4) is 5.75 Å². The van der Waals surface area contributed by atoms with Gasteiger partial charge in [-0.1, -0.05) is 18.2 Å². The van der Waals surface area contributed by atoms with Crippen LogP contribution in [0.3, 0.4) is 0 Å². The number of nitrogen functional groups attached to an aromatic ring is 1. The predicted octanol–water partition coefficient (Wildman–Crippen LogP) is 5.55. The molecule has 1 atom stereocenters. The molecule has 2 amide bonds. The predicted molar refractivity (Wildman–Crippen MR) is 150 cm³/mol. The molecule has 3 heterocycles. The summed E-state index contributed by atoms with van der Waals surface area (Å²) in [5.41, 5.74) is 10.8. The average molecular weight is 526 g/mol. The summed E-state index contributed by atoms with van der Waals surface area (Å²) in [6, 6.07) is 17.5. The number of aromatic hydroxyl groups is 1. The second-order valence-corrected chi connectivity index (χ2v) is 9.82. The van der Waals surface area contributed by atoms with E-state index in [0.717, 1.165) is 21.9 Å². The second-order valence-electron chi connectivity index (χ2n) is 9.51. The Morgan fingerprint density at radius 2 is 1.97 bits per heavy atom. The Morgan fingerprint density at radius 1 is 1.18 bits per heavy atom. The number of fused-ring (bicyclic) bond motifs is 4. The van der Waals surface area contributed by atoms with Crippen molar-refractivity contribution in [3.63, 3.8) is 0 Å². The van der Waals surface area contributed by atoms with Crippen molar-refractivity contribution in [2.24, 2.45) is 0 Å². The Hall–Kier alpha value is -4.56. The number of nitrogens with one attached hydrogen (secondary N) is 2. The fourth-order valence-electron chi connectivity index (χ4n) is 5.20. The molecule has 0 spiro atoms. The van der Waals surface area contributed by atoms with Crippen LogP contribution in [-0.4, -0.2) is 39.3 Å². The highest BCUT2D eigenvalue weighted by molar-refractivity contribution is 6.19. The maximum Gasteiger partial charge on any atom is 0.274 e. The first kappa shape index (κ1) is 23.8. The molecule has 3 aromatic carbocycles. The Labute approximate surface area is 223 Å². The zero-order chi connectivity index (χ0) is 26.6. The van der Waals surface area contributed by atoms with Gasteiger partial charge in [0.15, 0.2) is 0 Å². The van der Waals surface area contributed by atoms with E-state index in [0.29, 0.717) is 51.8 Å². The number of aromatic amines is 1. The van der Waals surface area contributed by atoms with Gasteiger partial charge in [0, 0.05) is 46.4 Å². The van der Waals surface area contributed by atoms with Gasteiger partial charge < -0.3 is 26.0 Å². The van der Waals surface area contributed by atoms with Crippen LogP contribution in [0.1, 0.15) is 37.9 Å². The molecule has 1 aliphatic heterocycles. The number of alkyl halides is 1. The summed E-state index contributed by atoms with van der Waals surface area (Å²) in [7, 11) is 0. The van der Waals surface area contributed by atoms with Gasteiger partial charge in [-0.3, -0.25) is 9.59 Å². The second kappa shape index (κ2) is 9.08. The van der Waals surface area contributed by atoms with Crippen molar-refractivity contribution in [1.82, 2.24) is 9.97 Å². The number of amides is 2. The molecule has 5 N–H and O–H groups in total. The number of aryl methyl sites for hydroxylation is 1. The number of phenols is 1. The van der Waals surface area contributed by atoms with Gasteiger partial charge in [-0.05, 0) is 59.8 Å². The first-order chi connectivity index (χ1) is 18.3. The number of halogens is 1. The maximum atomic E-state index is 13.7. The lowest BCUT2D eigenvalue weighted by atomic mass is 9.92. The van der Waals surface area contributed by atoms with E-state index < -0.39 is 0 Å². The number of hydrogen-bond acceptors (Lipinski definition) is 5. The van der Waals surface area contributed by atoms with Gasteiger partial charge in [-0.15, -0.1) is 11.6 Å². The van der Waals surface area contributed by atoms with Gasteiger partial charge in [-0.2, -0.15) is 0 Å². The quantitative estimate of drug-likeness (QED) is 0.181. The fourth-order valence-corrected chi connectivity index (χ4v) is 5.45. The third-order valence-corrected chi connectivity index (χ3v) is 7.40. The van der Waals surface area contributed by atoms with Gasteiger partial charge in [-0.25, -0.2) is 4.98 Å². The molecule has 5 aromatic rings. The van der Waals surface area contributed by atoms with Crippen molar-refractivity contribution in [2.45, 2.75) is 12.8 Å². The minimum atomic E-state index is -0.291. The average Bonchev–Trinajstić information content (AvgIpc) is 3.50. The highest BCUT2D eigenvalue weighted by Crippen LogP contribution is 2.46. The third-order valence-electron chi connectivity index (χ3n) is 7.03. The topological polar surface area (TPSA) is 124 Å². The van der Waals surface area contributed by atoms with Gasteiger partial charge >= 0.3 is 0 Å². The number of aromatic nitrogens is 2. The number of nitrogens with zero attached hydrogens (tertiary/aromatic N) is 2. The summed E-state index contributed by atoms with van der Waals surface area (Å²) in [5.74, 6) is -0.151. The minimum absolute atomic E-state index is 0.0718. The summed E-state index contributed by atoms with van der Waals surface area (Å²) in [4.78, 5) is 35.4. The van der Waals surface area contributed by atoms with E-state index in [2.05, 4.69) is 15.3 Å². The molecule has 38 heavy (non-hydrogen) atoms. The zero-order valence-corrected chi connectivity index (χ0v) is 21.2. The molecular weight excluding hydrogens is 502 g/mol. The highest BCUT2D eigenvalue weighted by Gasteiger charge is 2.35. The van der Waals surface area contributed by atoms with E-state index in [-0.39, 0.29) is 23.5 Å². The van der Waals surface area contributed by atoms with Gasteiger partial charge in [0.05, 0.1) is 17.6 Å². The van der Waals surface area contributed by atoms with Crippen molar-refractivity contribution in [2.75, 3.05) is 28.4 Å². The molecule has 0 saturated carbocycles. The molecule has 8 nitrogen and oxygen atoms in total. The maximum absolute atomic E-state index is 13.7. The zero-order valence-electron chi connectivity index (χ0n) is 20.5. The van der Waals surface area contributed by atoms with Crippen LogP contribution in [0.25, 0.3) is 21.8 Å². The molecule has 0 unspecified atom stereocenters. The van der Waals surface area contributed by atoms with E-state index in [1.165, 1.54) is 6.20 Å². The van der Waals surface area contributed by atoms with E-state index in [1.54, 1.807) is 47.4 Å². The van der Waals surface area contributed by atoms with Gasteiger partial charge in [0.1, 0.15) is 17.1 Å². The number of rotatable bonds is 4. The van der Waals surface area contributed by atoms with E-state index in [9.17, 15) is 14.7 Å². The minimum Gasteiger partial charge on any atom is -0.507 e. The molecule has 1 aliphatic rings. The molecule has 0 radical (unpaired) electrons. The number of benzene rings is 3. The lowest BCUT2D eigenvalue weighted by molar-refractivity contribution is 0.0983. The van der Waals surface area contributed by atoms with Crippen LogP contribution in [0, 0.1) is 6.92 Å². The van der Waals surface area contributed by atoms with E-state index in [1.807, 2.05) is 25.1 Å². The molecule has 9 heteroatoms. The summed E-state index contributed by atoms with van der Waals surface area (Å²) in [5, 5.41) is 16.0. The van der Waals surface area contributed by atoms with Crippen LogP contribution in [0.4, 0.5) is 17.1 Å². The van der Waals surface area contributed by atoms with Gasteiger partial charge in [0.2, 0.25) is 0 Å². The standard InChI is InChI=1S/C29H24ClN5O3/c1-15-3-2-4-21-24(36)11-23-26(25(15)21)18(12-30)14-35(23)29(38)22-10-17-9-20(13-32-27(17)34-22)33-28(37)16-5-7-19(31)8-6-16/h2-11,13,18,36H,12,14,31H2,1H3,(H,32,34)(H,33,37)/t18-/m1/s1. The Morgan fingerprint density at radius 3 is 2.74 bits per heavy atom. The summed E-state index contributed by atoms with van der Waals surface area (Å²) < 4.78 is 0. The normalized spacial score (nSPS) is 14.7. The number of carbonyl (C=O) groups is 2.